The van der Waals surface area contributed by atoms with Gasteiger partial charge in [0.15, 0.2) is 5.78 Å². The van der Waals surface area contributed by atoms with Gasteiger partial charge in [0.05, 0.1) is 0 Å². The van der Waals surface area contributed by atoms with Gasteiger partial charge >= 0.3 is 0 Å². The number of hydrogen-bond donors (Lipinski definition) is 2. The van der Waals surface area contributed by atoms with E-state index >= 15 is 0 Å². The van der Waals surface area contributed by atoms with Crippen LogP contribution in [-0.4, -0.2) is 25.0 Å². The molecule has 0 saturated carbocycles. The summed E-state index contributed by atoms with van der Waals surface area (Å²) in [5, 5.41) is 6.80. The van der Waals surface area contributed by atoms with Gasteiger partial charge in [-0.1, -0.05) is 11.6 Å². The van der Waals surface area contributed by atoms with E-state index in [0.29, 0.717) is 10.6 Å². The minimum Gasteiger partial charge on any atom is -0.294 e. The van der Waals surface area contributed by atoms with Crippen LogP contribution < -0.4 is 10.6 Å². The summed E-state index contributed by atoms with van der Waals surface area (Å²) >= 11 is 5.73. The standard InChI is InChI=1S/C10H11ClN2O/c11-8-3-1-7(2-4-8)9(14)10-12-5-6-13-10/h1-4,10,12-13H,5-6H2. The van der Waals surface area contributed by atoms with Crippen molar-refractivity contribution in [1.82, 2.24) is 10.6 Å². The van der Waals surface area contributed by atoms with Gasteiger partial charge in [0.2, 0.25) is 0 Å². The number of hydrogen-bond acceptors (Lipinski definition) is 3. The molecule has 3 nitrogen and oxygen atoms in total. The molecule has 1 saturated heterocycles. The highest BCUT2D eigenvalue weighted by Crippen LogP contribution is 2.11. The minimum absolute atomic E-state index is 0.0687. The van der Waals surface area contributed by atoms with Crippen molar-refractivity contribution in [2.45, 2.75) is 6.17 Å². The molecule has 1 aromatic rings. The molecule has 1 fully saturated rings. The van der Waals surface area contributed by atoms with E-state index in [1.807, 2.05) is 0 Å². The van der Waals surface area contributed by atoms with Crippen molar-refractivity contribution in [3.05, 3.63) is 34.9 Å². The van der Waals surface area contributed by atoms with Gasteiger partial charge in [-0.25, -0.2) is 0 Å². The zero-order chi connectivity index (χ0) is 9.97. The number of carbonyl (C=O) groups is 1. The zero-order valence-corrected chi connectivity index (χ0v) is 8.34. The summed E-state index contributed by atoms with van der Waals surface area (Å²) in [5.74, 6) is 0.0687. The van der Waals surface area contributed by atoms with Crippen molar-refractivity contribution in [2.24, 2.45) is 0 Å². The lowest BCUT2D eigenvalue weighted by molar-refractivity contribution is 0.0942. The lowest BCUT2D eigenvalue weighted by Crippen LogP contribution is -2.39. The van der Waals surface area contributed by atoms with E-state index in [1.54, 1.807) is 24.3 Å². The lowest BCUT2D eigenvalue weighted by Gasteiger charge is -2.09. The number of rotatable bonds is 2. The highest BCUT2D eigenvalue weighted by Gasteiger charge is 2.22. The normalized spacial score (nSPS) is 17.2. The molecule has 14 heavy (non-hydrogen) atoms. The van der Waals surface area contributed by atoms with Crippen LogP contribution in [0, 0.1) is 0 Å². The summed E-state index contributed by atoms with van der Waals surface area (Å²) in [6, 6.07) is 6.94. The molecule has 0 radical (unpaired) electrons. The first-order valence-corrected chi connectivity index (χ1v) is 4.92. The van der Waals surface area contributed by atoms with Gasteiger partial charge in [-0.05, 0) is 24.3 Å². The van der Waals surface area contributed by atoms with Gasteiger partial charge in [-0.3, -0.25) is 15.4 Å². The van der Waals surface area contributed by atoms with Crippen LogP contribution in [0.4, 0.5) is 0 Å². The second-order valence-electron chi connectivity index (χ2n) is 3.21. The molecule has 0 unspecified atom stereocenters. The summed E-state index contributed by atoms with van der Waals surface area (Å²) in [7, 11) is 0. The second-order valence-corrected chi connectivity index (χ2v) is 3.65. The molecule has 1 aliphatic rings. The van der Waals surface area contributed by atoms with Crippen LogP contribution in [0.5, 0.6) is 0 Å². The smallest absolute Gasteiger partial charge is 0.194 e. The molecular formula is C10H11ClN2O. The fourth-order valence-electron chi connectivity index (χ4n) is 1.47. The monoisotopic (exact) mass is 210 g/mol. The minimum atomic E-state index is -0.240. The van der Waals surface area contributed by atoms with E-state index in [9.17, 15) is 4.79 Å². The number of Topliss-reactive ketones (excluding diaryl/α,β-unsaturated/α-hetero) is 1. The van der Waals surface area contributed by atoms with Crippen LogP contribution in [0.2, 0.25) is 5.02 Å². The Bertz CT molecular complexity index is 330. The first-order chi connectivity index (χ1) is 6.77. The molecule has 1 aliphatic heterocycles. The first-order valence-electron chi connectivity index (χ1n) is 4.54. The summed E-state index contributed by atoms with van der Waals surface area (Å²) in [5.41, 5.74) is 0.682. The molecule has 1 aromatic carbocycles. The van der Waals surface area contributed by atoms with Crippen molar-refractivity contribution in [1.29, 1.82) is 0 Å². The fraction of sp³-hybridized carbons (Fsp3) is 0.300. The molecule has 74 valence electrons. The Labute approximate surface area is 87.4 Å². The largest absolute Gasteiger partial charge is 0.294 e. The molecular weight excluding hydrogens is 200 g/mol. The Kier molecular flexibility index (Phi) is 2.82. The van der Waals surface area contributed by atoms with E-state index in [2.05, 4.69) is 10.6 Å². The van der Waals surface area contributed by atoms with Crippen molar-refractivity contribution >= 4 is 17.4 Å². The Hall–Kier alpha value is -0.900. The van der Waals surface area contributed by atoms with Crippen molar-refractivity contribution in [2.75, 3.05) is 13.1 Å². The van der Waals surface area contributed by atoms with Crippen LogP contribution in [-0.2, 0) is 0 Å². The van der Waals surface area contributed by atoms with Gasteiger partial charge in [-0.15, -0.1) is 0 Å². The third-order valence-corrected chi connectivity index (χ3v) is 2.46. The maximum atomic E-state index is 11.8. The predicted octanol–water partition coefficient (Wildman–Crippen LogP) is 1.04. The Morgan fingerprint density at radius 3 is 2.36 bits per heavy atom. The van der Waals surface area contributed by atoms with E-state index in [1.165, 1.54) is 0 Å². The molecule has 0 spiro atoms. The SMILES string of the molecule is O=C(c1ccc(Cl)cc1)C1NCCN1. The third-order valence-electron chi connectivity index (χ3n) is 2.21. The molecule has 0 bridgehead atoms. The molecule has 0 amide bonds. The average molecular weight is 211 g/mol. The van der Waals surface area contributed by atoms with E-state index in [0.717, 1.165) is 13.1 Å². The van der Waals surface area contributed by atoms with Crippen molar-refractivity contribution in [3.63, 3.8) is 0 Å². The topological polar surface area (TPSA) is 41.1 Å². The van der Waals surface area contributed by atoms with E-state index in [-0.39, 0.29) is 11.9 Å². The van der Waals surface area contributed by atoms with Gasteiger partial charge in [0, 0.05) is 23.7 Å². The third kappa shape index (κ3) is 1.95. The zero-order valence-electron chi connectivity index (χ0n) is 7.59. The van der Waals surface area contributed by atoms with Gasteiger partial charge in [0.25, 0.3) is 0 Å². The molecule has 4 heteroatoms. The Morgan fingerprint density at radius 1 is 1.21 bits per heavy atom. The molecule has 2 rings (SSSR count). The molecule has 0 aromatic heterocycles. The molecule has 2 N–H and O–H groups in total. The van der Waals surface area contributed by atoms with Crippen molar-refractivity contribution < 1.29 is 4.79 Å². The molecule has 1 heterocycles. The van der Waals surface area contributed by atoms with Gasteiger partial charge < -0.3 is 0 Å². The number of benzene rings is 1. The van der Waals surface area contributed by atoms with E-state index in [4.69, 9.17) is 11.6 Å². The van der Waals surface area contributed by atoms with Crippen LogP contribution in [0.3, 0.4) is 0 Å². The fourth-order valence-corrected chi connectivity index (χ4v) is 1.60. The number of ketones is 1. The van der Waals surface area contributed by atoms with Crippen LogP contribution in [0.25, 0.3) is 0 Å². The Balaban J connectivity index is 2.14. The van der Waals surface area contributed by atoms with Crippen molar-refractivity contribution in [3.8, 4) is 0 Å². The Morgan fingerprint density at radius 2 is 1.79 bits per heavy atom. The van der Waals surface area contributed by atoms with E-state index < -0.39 is 0 Å². The summed E-state index contributed by atoms with van der Waals surface area (Å²) in [6.45, 7) is 1.67. The number of halogens is 1. The molecule has 0 atom stereocenters. The van der Waals surface area contributed by atoms with Gasteiger partial charge in [0.1, 0.15) is 6.17 Å². The van der Waals surface area contributed by atoms with Gasteiger partial charge in [-0.2, -0.15) is 0 Å². The van der Waals surface area contributed by atoms with Crippen LogP contribution in [0.1, 0.15) is 10.4 Å². The first kappa shape index (κ1) is 9.65. The predicted molar refractivity (Wildman–Crippen MR) is 55.6 cm³/mol. The lowest BCUT2D eigenvalue weighted by atomic mass is 10.1. The van der Waals surface area contributed by atoms with Crippen LogP contribution in [0.15, 0.2) is 24.3 Å². The maximum absolute atomic E-state index is 11.8. The maximum Gasteiger partial charge on any atom is 0.194 e. The number of carbonyl (C=O) groups excluding carboxylic acids is 1. The highest BCUT2D eigenvalue weighted by molar-refractivity contribution is 6.30. The summed E-state index contributed by atoms with van der Waals surface area (Å²) in [4.78, 5) is 11.8. The molecule has 0 aliphatic carbocycles. The summed E-state index contributed by atoms with van der Waals surface area (Å²) < 4.78 is 0. The quantitative estimate of drug-likeness (QED) is 0.717. The number of nitrogens with one attached hydrogen (secondary N) is 2. The second kappa shape index (κ2) is 4.09. The highest BCUT2D eigenvalue weighted by atomic mass is 35.5. The average Bonchev–Trinajstić information content (AvgIpc) is 2.71. The van der Waals surface area contributed by atoms with Crippen LogP contribution >= 0.6 is 11.6 Å². The summed E-state index contributed by atoms with van der Waals surface area (Å²) in [6.07, 6.45) is -0.240.